The molecule has 0 aliphatic carbocycles. The zero-order valence-electron chi connectivity index (χ0n) is 15.4. The van der Waals surface area contributed by atoms with Crippen molar-refractivity contribution in [3.8, 4) is 0 Å². The summed E-state index contributed by atoms with van der Waals surface area (Å²) in [7, 11) is 2.11. The highest BCUT2D eigenvalue weighted by Gasteiger charge is 2.12. The van der Waals surface area contributed by atoms with Crippen LogP contribution in [0.25, 0.3) is 23.1 Å². The van der Waals surface area contributed by atoms with Gasteiger partial charge in [0.1, 0.15) is 0 Å². The molecule has 1 aromatic heterocycles. The van der Waals surface area contributed by atoms with Gasteiger partial charge in [-0.2, -0.15) is 0 Å². The van der Waals surface area contributed by atoms with E-state index in [1.165, 1.54) is 27.8 Å². The van der Waals surface area contributed by atoms with E-state index in [1.807, 2.05) is 0 Å². The van der Waals surface area contributed by atoms with E-state index in [-0.39, 0.29) is 0 Å². The molecule has 2 nitrogen and oxygen atoms in total. The molecule has 0 saturated carbocycles. The van der Waals surface area contributed by atoms with Gasteiger partial charge in [0.05, 0.1) is 11.2 Å². The van der Waals surface area contributed by atoms with Crippen molar-refractivity contribution in [2.45, 2.75) is 13.8 Å². The molecule has 3 aromatic rings. The van der Waals surface area contributed by atoms with Crippen molar-refractivity contribution in [1.29, 1.82) is 0 Å². The number of allylic oxidation sites excluding steroid dienone is 3. The second kappa shape index (κ2) is 6.64. The van der Waals surface area contributed by atoms with Gasteiger partial charge >= 0.3 is 0 Å². The fourth-order valence-corrected chi connectivity index (χ4v) is 3.31. The Morgan fingerprint density at radius 2 is 1.69 bits per heavy atom. The lowest BCUT2D eigenvalue weighted by atomic mass is 10.0. The zero-order chi connectivity index (χ0) is 18.1. The third-order valence-electron chi connectivity index (χ3n) is 4.77. The summed E-state index contributed by atoms with van der Waals surface area (Å²) in [6.07, 6.45) is 10.6. The van der Waals surface area contributed by atoms with Crippen LogP contribution < -0.4 is 4.90 Å². The van der Waals surface area contributed by atoms with Crippen LogP contribution in [0.5, 0.6) is 0 Å². The molecule has 128 valence electrons. The van der Waals surface area contributed by atoms with Crippen LogP contribution >= 0.6 is 0 Å². The number of likely N-dealkylation sites (N-methyl/N-ethyl adjacent to an activating group) is 1. The average molecular weight is 338 g/mol. The molecule has 0 atom stereocenters. The van der Waals surface area contributed by atoms with E-state index < -0.39 is 0 Å². The van der Waals surface area contributed by atoms with Gasteiger partial charge in [-0.3, -0.25) is 0 Å². The molecular weight excluding hydrogens is 316 g/mol. The van der Waals surface area contributed by atoms with Crippen LogP contribution in [-0.4, -0.2) is 12.0 Å². The number of hydrogen-bond donors (Lipinski definition) is 0. The number of nitrogens with zero attached hydrogens (tertiary/aromatic N) is 2. The number of fused-ring (bicyclic) bond motifs is 2. The van der Waals surface area contributed by atoms with Crippen molar-refractivity contribution in [2.24, 2.45) is 0 Å². The van der Waals surface area contributed by atoms with Crippen molar-refractivity contribution in [1.82, 2.24) is 4.98 Å². The van der Waals surface area contributed by atoms with Crippen molar-refractivity contribution in [2.75, 3.05) is 11.9 Å². The Morgan fingerprint density at radius 1 is 0.885 bits per heavy atom. The Hall–Kier alpha value is -3.13. The summed E-state index contributed by atoms with van der Waals surface area (Å²) in [5.74, 6) is 0. The van der Waals surface area contributed by atoms with Crippen molar-refractivity contribution in [3.63, 3.8) is 0 Å². The molecule has 1 aliphatic heterocycles. The molecule has 4 rings (SSSR count). The summed E-state index contributed by atoms with van der Waals surface area (Å²) < 4.78 is 0. The molecule has 2 aromatic carbocycles. The van der Waals surface area contributed by atoms with Crippen LogP contribution in [0.2, 0.25) is 0 Å². The molecule has 0 saturated heterocycles. The van der Waals surface area contributed by atoms with Crippen LogP contribution in [0, 0.1) is 13.8 Å². The predicted octanol–water partition coefficient (Wildman–Crippen LogP) is 5.91. The normalized spacial score (nSPS) is 15.2. The average Bonchev–Trinajstić information content (AvgIpc) is 2.63. The summed E-state index contributed by atoms with van der Waals surface area (Å²) >= 11 is 0. The van der Waals surface area contributed by atoms with Gasteiger partial charge in [0.25, 0.3) is 0 Å². The van der Waals surface area contributed by atoms with Crippen LogP contribution in [0.1, 0.15) is 22.4 Å². The fraction of sp³-hybridized carbons (Fsp3) is 0.125. The molecule has 0 N–H and O–H groups in total. The number of pyridine rings is 1. The lowest BCUT2D eigenvalue weighted by Gasteiger charge is -2.26. The second-order valence-corrected chi connectivity index (χ2v) is 6.84. The second-order valence-electron chi connectivity index (χ2n) is 6.84. The lowest BCUT2D eigenvalue weighted by Crippen LogP contribution is -2.18. The first kappa shape index (κ1) is 16.3. The fourth-order valence-electron chi connectivity index (χ4n) is 3.31. The molecule has 1 aliphatic rings. The maximum absolute atomic E-state index is 4.72. The smallest absolute Gasteiger partial charge is 0.0709 e. The SMILES string of the molecule is Cc1ccc2c(c1)C=C/C(=C\C=C\c1ccc3cc(C)ccc3n1)N2C. The van der Waals surface area contributed by atoms with Gasteiger partial charge in [-0.25, -0.2) is 4.98 Å². The van der Waals surface area contributed by atoms with Gasteiger partial charge in [-0.15, -0.1) is 0 Å². The minimum absolute atomic E-state index is 0.969. The molecule has 26 heavy (non-hydrogen) atoms. The minimum Gasteiger partial charge on any atom is -0.344 e. The van der Waals surface area contributed by atoms with Gasteiger partial charge in [0, 0.05) is 23.8 Å². The molecular formula is C24H22N2. The maximum atomic E-state index is 4.72. The number of hydrogen-bond acceptors (Lipinski definition) is 2. The lowest BCUT2D eigenvalue weighted by molar-refractivity contribution is 1.12. The summed E-state index contributed by atoms with van der Waals surface area (Å²) in [5, 5.41) is 1.18. The van der Waals surface area contributed by atoms with Gasteiger partial charge < -0.3 is 4.90 Å². The highest BCUT2D eigenvalue weighted by Crippen LogP contribution is 2.30. The number of aryl methyl sites for hydroxylation is 2. The molecule has 2 heterocycles. The molecule has 0 fully saturated rings. The maximum Gasteiger partial charge on any atom is 0.0709 e. The van der Waals surface area contributed by atoms with Gasteiger partial charge in [-0.05, 0) is 68.0 Å². The first-order valence-corrected chi connectivity index (χ1v) is 8.88. The molecule has 2 heteroatoms. The van der Waals surface area contributed by atoms with Gasteiger partial charge in [0.2, 0.25) is 0 Å². The first-order chi connectivity index (χ1) is 12.6. The summed E-state index contributed by atoms with van der Waals surface area (Å²) in [6, 6.07) is 17.1. The molecule has 0 amide bonds. The monoisotopic (exact) mass is 338 g/mol. The van der Waals surface area contributed by atoms with Crippen LogP contribution in [0.15, 0.2) is 72.5 Å². The molecule has 0 radical (unpaired) electrons. The Kier molecular flexibility index (Phi) is 4.18. The van der Waals surface area contributed by atoms with Crippen molar-refractivity contribution < 1.29 is 0 Å². The third-order valence-corrected chi connectivity index (χ3v) is 4.77. The largest absolute Gasteiger partial charge is 0.344 e. The Bertz CT molecular complexity index is 1070. The zero-order valence-corrected chi connectivity index (χ0v) is 15.4. The third kappa shape index (κ3) is 3.18. The summed E-state index contributed by atoms with van der Waals surface area (Å²) in [4.78, 5) is 6.93. The van der Waals surface area contributed by atoms with Crippen molar-refractivity contribution >= 4 is 28.7 Å². The molecule has 0 spiro atoms. The summed E-state index contributed by atoms with van der Waals surface area (Å²) in [5.41, 5.74) is 8.20. The highest BCUT2D eigenvalue weighted by molar-refractivity contribution is 5.80. The van der Waals surface area contributed by atoms with Crippen molar-refractivity contribution in [3.05, 3.63) is 94.8 Å². The number of benzene rings is 2. The van der Waals surface area contributed by atoms with Gasteiger partial charge in [0.15, 0.2) is 0 Å². The number of rotatable bonds is 2. The Balaban J connectivity index is 1.58. The minimum atomic E-state index is 0.969. The van der Waals surface area contributed by atoms with E-state index in [0.29, 0.717) is 0 Å². The van der Waals surface area contributed by atoms with Crippen LogP contribution in [0.4, 0.5) is 5.69 Å². The van der Waals surface area contributed by atoms with E-state index in [0.717, 1.165) is 16.9 Å². The quantitative estimate of drug-likeness (QED) is 0.577. The number of anilines is 1. The predicted molar refractivity (Wildman–Crippen MR) is 112 cm³/mol. The first-order valence-electron chi connectivity index (χ1n) is 8.88. The Labute approximate surface area is 154 Å². The van der Waals surface area contributed by atoms with Gasteiger partial charge in [-0.1, -0.05) is 41.5 Å². The van der Waals surface area contributed by atoms with Crippen LogP contribution in [0.3, 0.4) is 0 Å². The highest BCUT2D eigenvalue weighted by atomic mass is 15.1. The van der Waals surface area contributed by atoms with Crippen LogP contribution in [-0.2, 0) is 0 Å². The van der Waals surface area contributed by atoms with E-state index >= 15 is 0 Å². The number of aromatic nitrogens is 1. The standard InChI is InChI=1S/C24H22N2/c1-17-7-13-23-19(15-17)9-11-21(25-23)5-4-6-22-12-10-20-16-18(2)8-14-24(20)26(22)3/h4-16H,1-3H3/b5-4+,22-6+. The Morgan fingerprint density at radius 3 is 2.58 bits per heavy atom. The van der Waals surface area contributed by atoms with E-state index in [4.69, 9.17) is 4.98 Å². The summed E-state index contributed by atoms with van der Waals surface area (Å²) in [6.45, 7) is 4.23. The van der Waals surface area contributed by atoms with E-state index in [2.05, 4.69) is 105 Å². The molecule has 0 bridgehead atoms. The molecule has 0 unspecified atom stereocenters. The topological polar surface area (TPSA) is 16.1 Å². The van der Waals surface area contributed by atoms with E-state index in [1.54, 1.807) is 0 Å². The van der Waals surface area contributed by atoms with E-state index in [9.17, 15) is 0 Å².